The molecule has 0 heterocycles. The number of carbonyl (C=O) groups is 1. The van der Waals surface area contributed by atoms with Crippen molar-refractivity contribution in [3.8, 4) is 17.2 Å². The number of nitrogens with one attached hydrogen (secondary N) is 2. The average Bonchev–Trinajstić information content (AvgIpc) is 2.90. The van der Waals surface area contributed by atoms with Gasteiger partial charge in [-0.05, 0) is 61.2 Å². The number of hydrogen-bond donors (Lipinski definition) is 5. The first-order chi connectivity index (χ1) is 18.2. The molecule has 0 aromatic heterocycles. The molecule has 0 unspecified atom stereocenters. The Hall–Kier alpha value is -3.59. The van der Waals surface area contributed by atoms with Crippen molar-refractivity contribution < 1.29 is 29.6 Å². The number of β-amino-alcohol motifs (C(OH)–C–C–N with tert-alkyl or cyclic N) is 1. The molecular formula is C30H38N2O6. The van der Waals surface area contributed by atoms with Gasteiger partial charge in [-0.25, -0.2) is 0 Å². The minimum atomic E-state index is -0.794. The van der Waals surface area contributed by atoms with Gasteiger partial charge in [0.1, 0.15) is 17.2 Å². The summed E-state index contributed by atoms with van der Waals surface area (Å²) in [6.45, 7) is 4.41. The van der Waals surface area contributed by atoms with Crippen LogP contribution in [0, 0.1) is 0 Å². The molecule has 3 aromatic rings. The smallest absolute Gasteiger partial charge is 0.224 e. The summed E-state index contributed by atoms with van der Waals surface area (Å²) in [4.78, 5) is 12.7. The molecule has 0 aliphatic carbocycles. The molecule has 0 bridgehead atoms. The topological polar surface area (TPSA) is 120 Å². The quantitative estimate of drug-likeness (QED) is 0.233. The Kier molecular flexibility index (Phi) is 10.1. The summed E-state index contributed by atoms with van der Waals surface area (Å²) < 4.78 is 10.8. The summed E-state index contributed by atoms with van der Waals surface area (Å²) in [7, 11) is 3.17. The van der Waals surface area contributed by atoms with Gasteiger partial charge >= 0.3 is 0 Å². The largest absolute Gasteiger partial charge is 0.508 e. The first-order valence-electron chi connectivity index (χ1n) is 12.6. The van der Waals surface area contributed by atoms with Gasteiger partial charge in [0.05, 0.1) is 45.5 Å². The highest BCUT2D eigenvalue weighted by Crippen LogP contribution is 2.28. The first-order valence-corrected chi connectivity index (χ1v) is 12.6. The summed E-state index contributed by atoms with van der Waals surface area (Å²) in [5, 5.41) is 36.1. The maximum Gasteiger partial charge on any atom is 0.224 e. The standard InChI is InChI=1S/C30H38N2O6/c1-30(2,32-18-26(35)22-11-12-25(34)23(15-22)19-33)16-21-8-5-7-20(13-21)14-29(36)31-17-24-27(37-3)9-6-10-28(24)38-4/h5-13,15,26,32-35H,14,16-19H2,1-4H3,(H,31,36)/t26-/m0/s1. The molecule has 204 valence electrons. The summed E-state index contributed by atoms with van der Waals surface area (Å²) in [6, 6.07) is 18.2. The number of methoxy groups -OCH3 is 2. The zero-order chi connectivity index (χ0) is 27.7. The second-order valence-electron chi connectivity index (χ2n) is 9.92. The van der Waals surface area contributed by atoms with Gasteiger partial charge in [-0.2, -0.15) is 0 Å². The molecule has 5 N–H and O–H groups in total. The number of aromatic hydroxyl groups is 1. The van der Waals surface area contributed by atoms with E-state index in [1.165, 1.54) is 6.07 Å². The van der Waals surface area contributed by atoms with E-state index in [1.807, 2.05) is 42.5 Å². The fourth-order valence-corrected chi connectivity index (χ4v) is 4.39. The number of hydrogen-bond acceptors (Lipinski definition) is 7. The number of aliphatic hydroxyl groups excluding tert-OH is 2. The number of ether oxygens (including phenoxy) is 2. The maximum atomic E-state index is 12.7. The van der Waals surface area contributed by atoms with Crippen LogP contribution in [-0.4, -0.2) is 47.5 Å². The molecule has 0 radical (unpaired) electrons. The number of aliphatic hydroxyl groups is 2. The van der Waals surface area contributed by atoms with E-state index in [0.717, 1.165) is 16.7 Å². The molecule has 0 aliphatic rings. The fraction of sp³-hybridized carbons (Fsp3) is 0.367. The van der Waals surface area contributed by atoms with Crippen molar-refractivity contribution in [2.45, 2.75) is 51.5 Å². The van der Waals surface area contributed by atoms with E-state index in [-0.39, 0.29) is 30.2 Å². The number of amides is 1. The molecule has 0 fully saturated rings. The van der Waals surface area contributed by atoms with Gasteiger partial charge in [-0.3, -0.25) is 4.79 Å². The SMILES string of the molecule is COc1cccc(OC)c1CNC(=O)Cc1cccc(CC(C)(C)NC[C@H](O)c2ccc(O)c(CO)c2)c1. The lowest BCUT2D eigenvalue weighted by Crippen LogP contribution is -2.43. The van der Waals surface area contributed by atoms with E-state index < -0.39 is 6.10 Å². The average molecular weight is 523 g/mol. The van der Waals surface area contributed by atoms with Crippen LogP contribution in [0.2, 0.25) is 0 Å². The van der Waals surface area contributed by atoms with E-state index >= 15 is 0 Å². The lowest BCUT2D eigenvalue weighted by molar-refractivity contribution is -0.120. The Bertz CT molecular complexity index is 1200. The number of phenols is 1. The molecule has 0 spiro atoms. The highest BCUT2D eigenvalue weighted by atomic mass is 16.5. The van der Waals surface area contributed by atoms with Gasteiger partial charge in [-0.15, -0.1) is 0 Å². The van der Waals surface area contributed by atoms with Crippen molar-refractivity contribution in [1.29, 1.82) is 0 Å². The minimum Gasteiger partial charge on any atom is -0.508 e. The molecule has 38 heavy (non-hydrogen) atoms. The van der Waals surface area contributed by atoms with E-state index in [0.29, 0.717) is 42.1 Å². The summed E-state index contributed by atoms with van der Waals surface area (Å²) in [6.07, 6.45) is 0.133. The van der Waals surface area contributed by atoms with Crippen LogP contribution in [0.5, 0.6) is 17.2 Å². The van der Waals surface area contributed by atoms with Crippen molar-refractivity contribution in [3.05, 3.63) is 88.5 Å². The summed E-state index contributed by atoms with van der Waals surface area (Å²) in [5.74, 6) is 1.22. The Morgan fingerprint density at radius 3 is 2.29 bits per heavy atom. The van der Waals surface area contributed by atoms with Crippen molar-refractivity contribution in [2.75, 3.05) is 20.8 Å². The Balaban J connectivity index is 1.56. The Morgan fingerprint density at radius 2 is 1.63 bits per heavy atom. The van der Waals surface area contributed by atoms with Crippen LogP contribution < -0.4 is 20.1 Å². The molecular weight excluding hydrogens is 484 g/mol. The van der Waals surface area contributed by atoms with Gasteiger partial charge in [0, 0.05) is 17.6 Å². The molecule has 1 atom stereocenters. The van der Waals surface area contributed by atoms with Gasteiger partial charge in [-0.1, -0.05) is 36.4 Å². The fourth-order valence-electron chi connectivity index (χ4n) is 4.39. The Labute approximate surface area is 224 Å². The molecule has 1 amide bonds. The van der Waals surface area contributed by atoms with Crippen LogP contribution in [-0.2, 0) is 30.8 Å². The van der Waals surface area contributed by atoms with Crippen molar-refractivity contribution >= 4 is 5.91 Å². The Morgan fingerprint density at radius 1 is 0.974 bits per heavy atom. The zero-order valence-corrected chi connectivity index (χ0v) is 22.5. The number of rotatable bonds is 13. The van der Waals surface area contributed by atoms with Crippen molar-refractivity contribution in [3.63, 3.8) is 0 Å². The second-order valence-corrected chi connectivity index (χ2v) is 9.92. The third-order valence-corrected chi connectivity index (χ3v) is 6.43. The molecule has 8 nitrogen and oxygen atoms in total. The zero-order valence-electron chi connectivity index (χ0n) is 22.5. The summed E-state index contributed by atoms with van der Waals surface area (Å²) >= 11 is 0. The van der Waals surface area contributed by atoms with Crippen LogP contribution in [0.1, 0.15) is 47.8 Å². The summed E-state index contributed by atoms with van der Waals surface area (Å²) in [5.41, 5.74) is 3.43. The van der Waals surface area contributed by atoms with Crippen LogP contribution >= 0.6 is 0 Å². The molecule has 0 saturated carbocycles. The van der Waals surface area contributed by atoms with Crippen LogP contribution in [0.3, 0.4) is 0 Å². The normalized spacial score (nSPS) is 12.2. The first kappa shape index (κ1) is 29.0. The third kappa shape index (κ3) is 7.95. The minimum absolute atomic E-state index is 0.00446. The molecule has 0 aliphatic heterocycles. The molecule has 8 heteroatoms. The highest BCUT2D eigenvalue weighted by molar-refractivity contribution is 5.78. The third-order valence-electron chi connectivity index (χ3n) is 6.43. The second kappa shape index (κ2) is 13.3. The van der Waals surface area contributed by atoms with Crippen LogP contribution in [0.15, 0.2) is 60.7 Å². The highest BCUT2D eigenvalue weighted by Gasteiger charge is 2.21. The van der Waals surface area contributed by atoms with Gasteiger partial charge in [0.2, 0.25) is 5.91 Å². The molecule has 0 saturated heterocycles. The predicted octanol–water partition coefficient (Wildman–Crippen LogP) is 3.40. The van der Waals surface area contributed by atoms with Crippen molar-refractivity contribution in [2.24, 2.45) is 0 Å². The van der Waals surface area contributed by atoms with E-state index in [9.17, 15) is 20.1 Å². The lowest BCUT2D eigenvalue weighted by Gasteiger charge is -2.28. The van der Waals surface area contributed by atoms with Gasteiger partial charge in [0.15, 0.2) is 0 Å². The molecule has 3 aromatic carbocycles. The number of carbonyl (C=O) groups excluding carboxylic acids is 1. The monoisotopic (exact) mass is 522 g/mol. The lowest BCUT2D eigenvalue weighted by atomic mass is 9.93. The van der Waals surface area contributed by atoms with Crippen LogP contribution in [0.25, 0.3) is 0 Å². The van der Waals surface area contributed by atoms with E-state index in [4.69, 9.17) is 9.47 Å². The van der Waals surface area contributed by atoms with Gasteiger partial charge < -0.3 is 35.4 Å². The van der Waals surface area contributed by atoms with Crippen molar-refractivity contribution in [1.82, 2.24) is 10.6 Å². The predicted molar refractivity (Wildman–Crippen MR) is 146 cm³/mol. The maximum absolute atomic E-state index is 12.7. The van der Waals surface area contributed by atoms with E-state index in [2.05, 4.69) is 24.5 Å². The number of benzene rings is 3. The van der Waals surface area contributed by atoms with Crippen LogP contribution in [0.4, 0.5) is 0 Å². The molecule has 3 rings (SSSR count). The van der Waals surface area contributed by atoms with E-state index in [1.54, 1.807) is 26.4 Å². The van der Waals surface area contributed by atoms with Gasteiger partial charge in [0.25, 0.3) is 0 Å².